The van der Waals surface area contributed by atoms with Gasteiger partial charge in [-0.25, -0.2) is 9.97 Å². The minimum absolute atomic E-state index is 0.0736. The molecular weight excluding hydrogens is 376 g/mol. The topological polar surface area (TPSA) is 76.1 Å². The van der Waals surface area contributed by atoms with Crippen LogP contribution < -0.4 is 5.32 Å². The van der Waals surface area contributed by atoms with Gasteiger partial charge in [-0.1, -0.05) is 24.3 Å². The lowest BCUT2D eigenvalue weighted by Gasteiger charge is -2.33. The number of hydrogen-bond acceptors (Lipinski definition) is 7. The molecule has 1 aromatic carbocycles. The van der Waals surface area contributed by atoms with Gasteiger partial charge in [0.15, 0.2) is 0 Å². The zero-order valence-corrected chi connectivity index (χ0v) is 16.5. The highest BCUT2D eigenvalue weighted by Crippen LogP contribution is 2.25. The fourth-order valence-electron chi connectivity index (χ4n) is 3.75. The van der Waals surface area contributed by atoms with Crippen LogP contribution >= 0.6 is 0 Å². The first kappa shape index (κ1) is 18.6. The van der Waals surface area contributed by atoms with Crippen molar-refractivity contribution < 1.29 is 4.74 Å². The predicted molar refractivity (Wildman–Crippen MR) is 115 cm³/mol. The van der Waals surface area contributed by atoms with Gasteiger partial charge in [0, 0.05) is 43.6 Å². The second kappa shape index (κ2) is 8.52. The fraction of sp³-hybridized carbons (Fsp3) is 0.217. The van der Waals surface area contributed by atoms with Crippen molar-refractivity contribution in [3.8, 4) is 0 Å². The zero-order chi connectivity index (χ0) is 20.2. The molecule has 0 amide bonds. The molecule has 150 valence electrons. The summed E-state index contributed by atoms with van der Waals surface area (Å²) in [6, 6.07) is 16.3. The number of nitrogens with one attached hydrogen (secondary N) is 1. The lowest BCUT2D eigenvalue weighted by atomic mass is 10.1. The lowest BCUT2D eigenvalue weighted by Crippen LogP contribution is -2.38. The van der Waals surface area contributed by atoms with E-state index < -0.39 is 0 Å². The molecule has 1 atom stereocenters. The summed E-state index contributed by atoms with van der Waals surface area (Å²) in [6.07, 6.45) is 6.78. The van der Waals surface area contributed by atoms with Crippen molar-refractivity contribution in [2.75, 3.05) is 25.0 Å². The highest BCUT2D eigenvalue weighted by atomic mass is 16.5. The summed E-state index contributed by atoms with van der Waals surface area (Å²) >= 11 is 0. The molecule has 4 aromatic rings. The van der Waals surface area contributed by atoms with E-state index in [0.29, 0.717) is 12.4 Å². The first-order valence-electron chi connectivity index (χ1n) is 10.0. The van der Waals surface area contributed by atoms with E-state index in [4.69, 9.17) is 9.72 Å². The van der Waals surface area contributed by atoms with E-state index in [0.717, 1.165) is 36.7 Å². The normalized spacial score (nSPS) is 17.1. The van der Waals surface area contributed by atoms with Crippen molar-refractivity contribution in [2.24, 2.45) is 0 Å². The summed E-state index contributed by atoms with van der Waals surface area (Å²) in [4.78, 5) is 19.9. The van der Waals surface area contributed by atoms with Gasteiger partial charge in [-0.3, -0.25) is 14.9 Å². The smallest absolute Gasteiger partial charge is 0.150 e. The second-order valence-electron chi connectivity index (χ2n) is 7.25. The highest BCUT2D eigenvalue weighted by molar-refractivity contribution is 5.81. The molecule has 5 rings (SSSR count). The Balaban J connectivity index is 1.31. The zero-order valence-electron chi connectivity index (χ0n) is 16.5. The lowest BCUT2D eigenvalue weighted by molar-refractivity contribution is -0.0348. The van der Waals surface area contributed by atoms with E-state index in [1.165, 1.54) is 10.9 Å². The largest absolute Gasteiger partial charge is 0.369 e. The molecule has 7 nitrogen and oxygen atoms in total. The van der Waals surface area contributed by atoms with E-state index in [9.17, 15) is 0 Å². The van der Waals surface area contributed by atoms with Gasteiger partial charge in [-0.15, -0.1) is 0 Å². The number of anilines is 2. The number of benzene rings is 1. The first-order valence-corrected chi connectivity index (χ1v) is 10.0. The van der Waals surface area contributed by atoms with Gasteiger partial charge in [0.25, 0.3) is 0 Å². The van der Waals surface area contributed by atoms with Gasteiger partial charge in [-0.2, -0.15) is 0 Å². The van der Waals surface area contributed by atoms with Gasteiger partial charge < -0.3 is 10.1 Å². The molecule has 0 bridgehead atoms. The van der Waals surface area contributed by atoms with Gasteiger partial charge in [0.1, 0.15) is 17.7 Å². The third kappa shape index (κ3) is 4.12. The number of ether oxygens (including phenoxy) is 1. The Morgan fingerprint density at radius 1 is 0.967 bits per heavy atom. The maximum absolute atomic E-state index is 6.05. The Labute approximate surface area is 174 Å². The van der Waals surface area contributed by atoms with Crippen LogP contribution in [0.25, 0.3) is 10.9 Å². The average Bonchev–Trinajstić information content (AvgIpc) is 2.80. The minimum atomic E-state index is -0.0736. The van der Waals surface area contributed by atoms with E-state index >= 15 is 0 Å². The van der Waals surface area contributed by atoms with Gasteiger partial charge in [-0.05, 0) is 29.8 Å². The number of rotatable bonds is 5. The Kier molecular flexibility index (Phi) is 5.28. The van der Waals surface area contributed by atoms with Crippen LogP contribution in [0.3, 0.4) is 0 Å². The van der Waals surface area contributed by atoms with Crippen molar-refractivity contribution in [1.29, 1.82) is 0 Å². The quantitative estimate of drug-likeness (QED) is 0.549. The second-order valence-corrected chi connectivity index (χ2v) is 7.25. The fourth-order valence-corrected chi connectivity index (χ4v) is 3.75. The molecule has 0 spiro atoms. The van der Waals surface area contributed by atoms with Crippen LogP contribution in [-0.2, 0) is 11.3 Å². The molecule has 1 saturated heterocycles. The molecule has 0 aliphatic carbocycles. The van der Waals surface area contributed by atoms with Crippen molar-refractivity contribution in [3.05, 3.63) is 84.6 Å². The summed E-state index contributed by atoms with van der Waals surface area (Å²) in [5, 5.41) is 4.40. The van der Waals surface area contributed by atoms with Crippen LogP contribution in [-0.4, -0.2) is 44.5 Å². The SMILES string of the molecule is c1cc(Nc2cnccn2)nc(C2CN(Cc3ccnc4ccccc34)CCO2)c1. The molecule has 1 aliphatic heterocycles. The van der Waals surface area contributed by atoms with Gasteiger partial charge in [0.05, 0.1) is 24.0 Å². The first-order chi connectivity index (χ1) is 14.8. The van der Waals surface area contributed by atoms with Gasteiger partial charge in [0.2, 0.25) is 0 Å². The van der Waals surface area contributed by atoms with E-state index in [1.807, 2.05) is 30.5 Å². The van der Waals surface area contributed by atoms with Crippen LogP contribution in [0.5, 0.6) is 0 Å². The Morgan fingerprint density at radius 3 is 2.87 bits per heavy atom. The summed E-state index contributed by atoms with van der Waals surface area (Å²) in [5.74, 6) is 1.40. The number of para-hydroxylation sites is 1. The van der Waals surface area contributed by atoms with Crippen molar-refractivity contribution in [1.82, 2.24) is 24.8 Å². The van der Waals surface area contributed by atoms with Crippen LogP contribution in [0.15, 0.2) is 73.3 Å². The van der Waals surface area contributed by atoms with Crippen molar-refractivity contribution >= 4 is 22.5 Å². The van der Waals surface area contributed by atoms with Crippen LogP contribution in [0, 0.1) is 0 Å². The molecule has 1 unspecified atom stereocenters. The molecule has 1 N–H and O–H groups in total. The molecule has 1 fully saturated rings. The summed E-state index contributed by atoms with van der Waals surface area (Å²) < 4.78 is 6.05. The number of pyridine rings is 2. The van der Waals surface area contributed by atoms with Crippen LogP contribution in [0.2, 0.25) is 0 Å². The minimum Gasteiger partial charge on any atom is -0.369 e. The van der Waals surface area contributed by atoms with E-state index in [-0.39, 0.29) is 6.10 Å². The summed E-state index contributed by atoms with van der Waals surface area (Å²) in [7, 11) is 0. The van der Waals surface area contributed by atoms with E-state index in [1.54, 1.807) is 18.6 Å². The summed E-state index contributed by atoms with van der Waals surface area (Å²) in [5.41, 5.74) is 3.23. The average molecular weight is 398 g/mol. The van der Waals surface area contributed by atoms with Crippen molar-refractivity contribution in [3.63, 3.8) is 0 Å². The number of fused-ring (bicyclic) bond motifs is 1. The molecule has 0 radical (unpaired) electrons. The molecule has 1 aliphatic rings. The Morgan fingerprint density at radius 2 is 1.93 bits per heavy atom. The molecular formula is C23H22N6O. The Hall–Kier alpha value is -3.42. The molecule has 30 heavy (non-hydrogen) atoms. The number of aromatic nitrogens is 4. The number of morpholine rings is 1. The molecule has 7 heteroatoms. The molecule has 0 saturated carbocycles. The monoisotopic (exact) mass is 398 g/mol. The number of nitrogens with zero attached hydrogens (tertiary/aromatic N) is 5. The van der Waals surface area contributed by atoms with Crippen LogP contribution in [0.4, 0.5) is 11.6 Å². The van der Waals surface area contributed by atoms with Crippen LogP contribution in [0.1, 0.15) is 17.4 Å². The van der Waals surface area contributed by atoms with Gasteiger partial charge >= 0.3 is 0 Å². The number of hydrogen-bond donors (Lipinski definition) is 1. The Bertz CT molecular complexity index is 1130. The predicted octanol–water partition coefficient (Wildman–Crippen LogP) is 3.74. The third-order valence-corrected chi connectivity index (χ3v) is 5.20. The summed E-state index contributed by atoms with van der Waals surface area (Å²) in [6.45, 7) is 3.22. The molecule has 4 heterocycles. The molecule has 3 aromatic heterocycles. The van der Waals surface area contributed by atoms with Crippen molar-refractivity contribution in [2.45, 2.75) is 12.6 Å². The van der Waals surface area contributed by atoms with E-state index in [2.05, 4.69) is 49.4 Å². The standard InChI is InChI=1S/C23H22N6O/c1-2-5-19-18(4-1)17(8-9-25-19)15-29-12-13-30-21(16-29)20-6-3-7-22(27-20)28-23-14-24-10-11-26-23/h1-11,14,21H,12-13,15-16H2,(H,26,27,28). The third-order valence-electron chi connectivity index (χ3n) is 5.20. The maximum atomic E-state index is 6.05. The maximum Gasteiger partial charge on any atom is 0.150 e. The highest BCUT2D eigenvalue weighted by Gasteiger charge is 2.23.